The highest BCUT2D eigenvalue weighted by Gasteiger charge is 2.33. The molecule has 0 spiro atoms. The van der Waals surface area contributed by atoms with Gasteiger partial charge in [-0.2, -0.15) is 0 Å². The van der Waals surface area contributed by atoms with Crippen LogP contribution in [0.25, 0.3) is 0 Å². The molecule has 7 nitrogen and oxygen atoms in total. The van der Waals surface area contributed by atoms with Gasteiger partial charge in [-0.3, -0.25) is 4.79 Å². The fourth-order valence-electron chi connectivity index (χ4n) is 2.22. The third kappa shape index (κ3) is 5.36. The summed E-state index contributed by atoms with van der Waals surface area (Å²) in [6.45, 7) is 5.74. The summed E-state index contributed by atoms with van der Waals surface area (Å²) in [5.41, 5.74) is 0. The van der Waals surface area contributed by atoms with E-state index in [0.29, 0.717) is 19.5 Å². The molecule has 1 unspecified atom stereocenters. The highest BCUT2D eigenvalue weighted by atomic mass is 32.2. The van der Waals surface area contributed by atoms with Gasteiger partial charge < -0.3 is 15.5 Å². The van der Waals surface area contributed by atoms with Crippen LogP contribution in [0.4, 0.5) is 4.79 Å². The van der Waals surface area contributed by atoms with Crippen LogP contribution in [0.15, 0.2) is 0 Å². The number of rotatable bonds is 5. The van der Waals surface area contributed by atoms with Crippen molar-refractivity contribution in [3.8, 4) is 0 Å². The average molecular weight is 305 g/mol. The molecule has 0 aromatic rings. The van der Waals surface area contributed by atoms with E-state index in [2.05, 4.69) is 10.6 Å². The lowest BCUT2D eigenvalue weighted by atomic mass is 10.2. The molecule has 0 aromatic heterocycles. The zero-order valence-electron chi connectivity index (χ0n) is 12.2. The molecule has 1 atom stereocenters. The third-order valence-corrected chi connectivity index (χ3v) is 4.86. The molecule has 1 saturated heterocycles. The van der Waals surface area contributed by atoms with E-state index in [1.54, 1.807) is 0 Å². The highest BCUT2D eigenvalue weighted by molar-refractivity contribution is 7.91. The Kier molecular flexibility index (Phi) is 5.79. The lowest BCUT2D eigenvalue weighted by Gasteiger charge is -2.27. The van der Waals surface area contributed by atoms with Crippen molar-refractivity contribution in [2.45, 2.75) is 39.3 Å². The number of nitrogens with one attached hydrogen (secondary N) is 2. The fraction of sp³-hybridized carbons (Fsp3) is 0.833. The van der Waals surface area contributed by atoms with Gasteiger partial charge in [-0.15, -0.1) is 0 Å². The van der Waals surface area contributed by atoms with Crippen molar-refractivity contribution in [3.05, 3.63) is 0 Å². The molecular formula is C12H23N3O4S. The zero-order chi connectivity index (χ0) is 15.3. The first kappa shape index (κ1) is 16.7. The monoisotopic (exact) mass is 305 g/mol. The van der Waals surface area contributed by atoms with Crippen LogP contribution in [-0.4, -0.2) is 61.9 Å². The van der Waals surface area contributed by atoms with Gasteiger partial charge in [0.1, 0.15) is 0 Å². The van der Waals surface area contributed by atoms with Gasteiger partial charge >= 0.3 is 6.03 Å². The lowest BCUT2D eigenvalue weighted by Crippen LogP contribution is -2.46. The van der Waals surface area contributed by atoms with E-state index in [1.807, 2.05) is 13.8 Å². The average Bonchev–Trinajstić information content (AvgIpc) is 2.63. The molecule has 0 aliphatic carbocycles. The first-order valence-corrected chi connectivity index (χ1v) is 8.55. The first-order valence-electron chi connectivity index (χ1n) is 6.73. The summed E-state index contributed by atoms with van der Waals surface area (Å²) in [5.74, 6) is -0.0221. The third-order valence-electron chi connectivity index (χ3n) is 3.11. The molecule has 0 saturated carbocycles. The van der Waals surface area contributed by atoms with Gasteiger partial charge in [-0.05, 0) is 20.3 Å². The van der Waals surface area contributed by atoms with Crippen molar-refractivity contribution in [3.63, 3.8) is 0 Å². The summed E-state index contributed by atoms with van der Waals surface area (Å²) in [6, 6.07) is -0.520. The molecule has 0 aromatic carbocycles. The molecule has 1 heterocycles. The second-order valence-corrected chi connectivity index (χ2v) is 7.55. The quantitative estimate of drug-likeness (QED) is 0.731. The summed E-state index contributed by atoms with van der Waals surface area (Å²) in [4.78, 5) is 24.5. The van der Waals surface area contributed by atoms with Gasteiger partial charge in [-0.25, -0.2) is 13.2 Å². The highest BCUT2D eigenvalue weighted by Crippen LogP contribution is 2.17. The molecule has 1 rings (SSSR count). The van der Waals surface area contributed by atoms with Crippen LogP contribution in [0.5, 0.6) is 0 Å². The number of hydrogen-bond acceptors (Lipinski definition) is 4. The maximum absolute atomic E-state index is 11.6. The van der Waals surface area contributed by atoms with E-state index in [4.69, 9.17) is 0 Å². The maximum Gasteiger partial charge on any atom is 0.315 e. The maximum atomic E-state index is 11.6. The minimum atomic E-state index is -3.02. The molecule has 116 valence electrons. The Bertz CT molecular complexity index is 461. The Labute approximate surface area is 120 Å². The molecular weight excluding hydrogens is 282 g/mol. The molecule has 1 aliphatic heterocycles. The standard InChI is InChI=1S/C12H23N3O4S/c1-9(2)14-12(17)13-5-6-15(10(3)16)11-4-7-20(18,19)8-11/h9,11H,4-8H2,1-3H3,(H2,13,14,17). The number of hydrogen-bond donors (Lipinski definition) is 2. The van der Waals surface area contributed by atoms with E-state index in [0.717, 1.165) is 0 Å². The van der Waals surface area contributed by atoms with Crippen LogP contribution in [0.1, 0.15) is 27.2 Å². The van der Waals surface area contributed by atoms with Crippen LogP contribution in [0.3, 0.4) is 0 Å². The van der Waals surface area contributed by atoms with Crippen molar-refractivity contribution in [2.75, 3.05) is 24.6 Å². The molecule has 2 N–H and O–H groups in total. The molecule has 1 fully saturated rings. The van der Waals surface area contributed by atoms with E-state index in [1.165, 1.54) is 11.8 Å². The first-order chi connectivity index (χ1) is 9.21. The SMILES string of the molecule is CC(=O)N(CCNC(=O)NC(C)C)C1CCS(=O)(=O)C1. The molecule has 1 aliphatic rings. The summed E-state index contributed by atoms with van der Waals surface area (Å²) >= 11 is 0. The van der Waals surface area contributed by atoms with Crippen LogP contribution >= 0.6 is 0 Å². The second-order valence-electron chi connectivity index (χ2n) is 5.32. The van der Waals surface area contributed by atoms with Gasteiger partial charge in [-0.1, -0.05) is 0 Å². The minimum Gasteiger partial charge on any atom is -0.337 e. The summed E-state index contributed by atoms with van der Waals surface area (Å²) < 4.78 is 22.9. The number of amides is 3. The number of urea groups is 1. The summed E-state index contributed by atoms with van der Waals surface area (Å²) in [6.07, 6.45) is 0.472. The molecule has 0 radical (unpaired) electrons. The largest absolute Gasteiger partial charge is 0.337 e. The Morgan fingerprint density at radius 3 is 2.45 bits per heavy atom. The van der Waals surface area contributed by atoms with Crippen molar-refractivity contribution in [1.29, 1.82) is 0 Å². The Balaban J connectivity index is 2.45. The van der Waals surface area contributed by atoms with Gasteiger partial charge in [0.2, 0.25) is 5.91 Å². The van der Waals surface area contributed by atoms with Crippen LogP contribution in [0.2, 0.25) is 0 Å². The molecule has 0 bridgehead atoms. The Hall–Kier alpha value is -1.31. The van der Waals surface area contributed by atoms with Crippen molar-refractivity contribution >= 4 is 21.8 Å². The lowest BCUT2D eigenvalue weighted by molar-refractivity contribution is -0.130. The predicted octanol–water partition coefficient (Wildman–Crippen LogP) is -0.270. The number of carbonyl (C=O) groups excluding carboxylic acids is 2. The topological polar surface area (TPSA) is 95.6 Å². The molecule has 20 heavy (non-hydrogen) atoms. The number of carbonyl (C=O) groups is 2. The van der Waals surface area contributed by atoms with Gasteiger partial charge in [0.15, 0.2) is 9.84 Å². The van der Waals surface area contributed by atoms with E-state index < -0.39 is 9.84 Å². The Morgan fingerprint density at radius 2 is 2.00 bits per heavy atom. The molecule has 8 heteroatoms. The number of nitrogens with zero attached hydrogens (tertiary/aromatic N) is 1. The number of sulfone groups is 1. The fourth-order valence-corrected chi connectivity index (χ4v) is 3.95. The van der Waals surface area contributed by atoms with Crippen LogP contribution in [0, 0.1) is 0 Å². The van der Waals surface area contributed by atoms with Gasteiger partial charge in [0, 0.05) is 32.1 Å². The van der Waals surface area contributed by atoms with Crippen molar-refractivity contribution in [2.24, 2.45) is 0 Å². The minimum absolute atomic E-state index is 0.0186. The summed E-state index contributed by atoms with van der Waals surface area (Å²) in [5, 5.41) is 5.33. The van der Waals surface area contributed by atoms with Crippen molar-refractivity contribution < 1.29 is 18.0 Å². The van der Waals surface area contributed by atoms with Crippen molar-refractivity contribution in [1.82, 2.24) is 15.5 Å². The smallest absolute Gasteiger partial charge is 0.315 e. The normalized spacial score (nSPS) is 20.7. The van der Waals surface area contributed by atoms with E-state index in [-0.39, 0.29) is 35.5 Å². The van der Waals surface area contributed by atoms with Gasteiger partial charge in [0.25, 0.3) is 0 Å². The predicted molar refractivity (Wildman–Crippen MR) is 76.1 cm³/mol. The second kappa shape index (κ2) is 6.92. The molecule has 3 amide bonds. The summed E-state index contributed by atoms with van der Waals surface area (Å²) in [7, 11) is -3.02. The van der Waals surface area contributed by atoms with E-state index >= 15 is 0 Å². The van der Waals surface area contributed by atoms with Gasteiger partial charge in [0.05, 0.1) is 11.5 Å². The zero-order valence-corrected chi connectivity index (χ0v) is 13.0. The van der Waals surface area contributed by atoms with Crippen LogP contribution in [-0.2, 0) is 14.6 Å². The Morgan fingerprint density at radius 1 is 1.35 bits per heavy atom. The van der Waals surface area contributed by atoms with E-state index in [9.17, 15) is 18.0 Å². The van der Waals surface area contributed by atoms with Crippen LogP contribution < -0.4 is 10.6 Å².